The lowest BCUT2D eigenvalue weighted by Gasteiger charge is -2.11. The number of amides is 1. The lowest BCUT2D eigenvalue weighted by molar-refractivity contribution is 0.0679. The van der Waals surface area contributed by atoms with Crippen LogP contribution in [0.4, 0.5) is 5.69 Å². The smallest absolute Gasteiger partial charge is 0.267 e. The van der Waals surface area contributed by atoms with Gasteiger partial charge in [-0.05, 0) is 48.6 Å². The average Bonchev–Trinajstić information content (AvgIpc) is 3.43. The predicted molar refractivity (Wildman–Crippen MR) is 104 cm³/mol. The van der Waals surface area contributed by atoms with E-state index in [1.807, 2.05) is 41.8 Å². The molecule has 1 aromatic carbocycles. The third-order valence-electron chi connectivity index (χ3n) is 4.03. The molecule has 7 heteroatoms. The number of hydrogen-bond donors (Lipinski definition) is 1. The van der Waals surface area contributed by atoms with Crippen LogP contribution in [-0.2, 0) is 4.74 Å². The van der Waals surface area contributed by atoms with Crippen LogP contribution in [0.2, 0.25) is 0 Å². The van der Waals surface area contributed by atoms with Crippen LogP contribution in [0.15, 0.2) is 48.0 Å². The van der Waals surface area contributed by atoms with Crippen molar-refractivity contribution in [3.8, 4) is 15.6 Å². The Morgan fingerprint density at radius 2 is 2.19 bits per heavy atom. The molecule has 0 radical (unpaired) electrons. The fraction of sp³-hybridized carbons (Fsp3) is 0.263. The molecule has 0 aliphatic carbocycles. The number of carbonyl (C=O) groups is 1. The van der Waals surface area contributed by atoms with E-state index < -0.39 is 0 Å². The monoisotopic (exact) mass is 386 g/mol. The Morgan fingerprint density at radius 3 is 2.92 bits per heavy atom. The molecular weight excluding hydrogens is 368 g/mol. The molecule has 1 aliphatic rings. The fourth-order valence-electron chi connectivity index (χ4n) is 2.69. The van der Waals surface area contributed by atoms with Crippen molar-refractivity contribution in [2.45, 2.75) is 18.9 Å². The van der Waals surface area contributed by atoms with Gasteiger partial charge in [-0.25, -0.2) is 4.98 Å². The third-order valence-corrected chi connectivity index (χ3v) is 6.07. The van der Waals surface area contributed by atoms with Crippen molar-refractivity contribution in [3.05, 3.63) is 52.9 Å². The number of thiazole rings is 1. The Balaban J connectivity index is 1.34. The number of anilines is 1. The molecule has 0 bridgehead atoms. The summed E-state index contributed by atoms with van der Waals surface area (Å²) in [5.41, 5.74) is 0.727. The second kappa shape index (κ2) is 7.99. The van der Waals surface area contributed by atoms with Gasteiger partial charge in [0.15, 0.2) is 0 Å². The summed E-state index contributed by atoms with van der Waals surface area (Å²) in [5.74, 6) is 0.620. The summed E-state index contributed by atoms with van der Waals surface area (Å²) in [7, 11) is 0. The van der Waals surface area contributed by atoms with Gasteiger partial charge in [-0.2, -0.15) is 0 Å². The maximum absolute atomic E-state index is 12.4. The first kappa shape index (κ1) is 17.2. The Labute approximate surface area is 159 Å². The lowest BCUT2D eigenvalue weighted by Crippen LogP contribution is -2.16. The number of benzene rings is 1. The molecule has 1 unspecified atom stereocenters. The van der Waals surface area contributed by atoms with Gasteiger partial charge in [-0.3, -0.25) is 4.79 Å². The second-order valence-electron chi connectivity index (χ2n) is 5.93. The van der Waals surface area contributed by atoms with Gasteiger partial charge >= 0.3 is 0 Å². The summed E-state index contributed by atoms with van der Waals surface area (Å²) >= 11 is 3.01. The molecule has 1 amide bonds. The van der Waals surface area contributed by atoms with Gasteiger partial charge in [0, 0.05) is 12.3 Å². The molecule has 1 N–H and O–H groups in total. The Morgan fingerprint density at radius 1 is 1.31 bits per heavy atom. The van der Waals surface area contributed by atoms with Crippen molar-refractivity contribution >= 4 is 34.3 Å². The van der Waals surface area contributed by atoms with Crippen molar-refractivity contribution < 1.29 is 14.3 Å². The summed E-state index contributed by atoms with van der Waals surface area (Å²) < 4.78 is 11.3. The van der Waals surface area contributed by atoms with E-state index >= 15 is 0 Å². The lowest BCUT2D eigenvalue weighted by atomic mass is 10.2. The highest BCUT2D eigenvalue weighted by atomic mass is 32.1. The molecule has 1 fully saturated rings. The Bertz CT molecular complexity index is 853. The number of carbonyl (C=O) groups excluding carboxylic acids is 1. The van der Waals surface area contributed by atoms with E-state index in [1.165, 1.54) is 11.3 Å². The van der Waals surface area contributed by atoms with Crippen molar-refractivity contribution in [1.29, 1.82) is 0 Å². The topological polar surface area (TPSA) is 60.5 Å². The molecule has 1 saturated heterocycles. The van der Waals surface area contributed by atoms with Crippen LogP contribution >= 0.6 is 22.7 Å². The van der Waals surface area contributed by atoms with Crippen LogP contribution in [0.25, 0.3) is 9.88 Å². The van der Waals surface area contributed by atoms with Gasteiger partial charge < -0.3 is 14.8 Å². The van der Waals surface area contributed by atoms with Crippen LogP contribution < -0.4 is 10.1 Å². The molecule has 0 saturated carbocycles. The van der Waals surface area contributed by atoms with E-state index in [0.29, 0.717) is 11.5 Å². The quantitative estimate of drug-likeness (QED) is 0.668. The first-order valence-corrected chi connectivity index (χ1v) is 10.1. The highest BCUT2D eigenvalue weighted by Gasteiger charge is 2.16. The number of ether oxygens (including phenoxy) is 2. The van der Waals surface area contributed by atoms with Crippen molar-refractivity contribution in [2.24, 2.45) is 0 Å². The zero-order valence-corrected chi connectivity index (χ0v) is 15.6. The Kier molecular flexibility index (Phi) is 5.29. The van der Waals surface area contributed by atoms with E-state index in [0.717, 1.165) is 40.8 Å². The summed E-state index contributed by atoms with van der Waals surface area (Å²) in [5, 5.41) is 5.76. The highest BCUT2D eigenvalue weighted by Crippen LogP contribution is 2.29. The molecule has 2 aromatic heterocycles. The van der Waals surface area contributed by atoms with E-state index in [-0.39, 0.29) is 12.0 Å². The van der Waals surface area contributed by atoms with E-state index in [1.54, 1.807) is 17.5 Å². The van der Waals surface area contributed by atoms with Crippen LogP contribution in [0, 0.1) is 0 Å². The Hall–Kier alpha value is -2.22. The molecule has 4 rings (SSSR count). The number of thiophene rings is 1. The second-order valence-corrected chi connectivity index (χ2v) is 7.91. The normalized spacial score (nSPS) is 16.5. The zero-order valence-electron chi connectivity index (χ0n) is 14.0. The van der Waals surface area contributed by atoms with Gasteiger partial charge in [-0.1, -0.05) is 6.07 Å². The van der Waals surface area contributed by atoms with Crippen LogP contribution in [-0.4, -0.2) is 30.2 Å². The number of rotatable bonds is 6. The van der Waals surface area contributed by atoms with Crippen molar-refractivity contribution in [1.82, 2.24) is 4.98 Å². The molecule has 5 nitrogen and oxygen atoms in total. The molecule has 3 heterocycles. The van der Waals surface area contributed by atoms with Crippen molar-refractivity contribution in [2.75, 3.05) is 18.5 Å². The predicted octanol–water partition coefficient (Wildman–Crippen LogP) is 4.68. The molecule has 26 heavy (non-hydrogen) atoms. The highest BCUT2D eigenvalue weighted by molar-refractivity contribution is 7.22. The van der Waals surface area contributed by atoms with Crippen LogP contribution in [0.3, 0.4) is 0 Å². The van der Waals surface area contributed by atoms with Crippen LogP contribution in [0.5, 0.6) is 5.75 Å². The summed E-state index contributed by atoms with van der Waals surface area (Å²) in [6.07, 6.45) is 3.97. The largest absolute Gasteiger partial charge is 0.491 e. The zero-order chi connectivity index (χ0) is 17.8. The minimum absolute atomic E-state index is 0.154. The standard InChI is InChI=1S/C19H18N2O3S2/c22-18(17-11-20-19(26-17)16-4-2-10-25-16)21-13-5-7-14(8-6-13)24-12-15-3-1-9-23-15/h2,4-8,10-11,15H,1,3,9,12H2,(H,21,22). The summed E-state index contributed by atoms with van der Waals surface area (Å²) in [6, 6.07) is 11.4. The number of nitrogens with zero attached hydrogens (tertiary/aromatic N) is 1. The van der Waals surface area contributed by atoms with Gasteiger partial charge in [0.1, 0.15) is 22.2 Å². The van der Waals surface area contributed by atoms with Gasteiger partial charge in [0.05, 0.1) is 17.2 Å². The van der Waals surface area contributed by atoms with Gasteiger partial charge in [0.25, 0.3) is 5.91 Å². The summed E-state index contributed by atoms with van der Waals surface area (Å²) in [6.45, 7) is 1.39. The molecule has 1 atom stereocenters. The fourth-order valence-corrected chi connectivity index (χ4v) is 4.30. The minimum atomic E-state index is -0.154. The number of nitrogens with one attached hydrogen (secondary N) is 1. The number of hydrogen-bond acceptors (Lipinski definition) is 6. The van der Waals surface area contributed by atoms with Crippen LogP contribution in [0.1, 0.15) is 22.5 Å². The molecular formula is C19H18N2O3S2. The maximum atomic E-state index is 12.4. The maximum Gasteiger partial charge on any atom is 0.267 e. The first-order chi connectivity index (χ1) is 12.8. The SMILES string of the molecule is O=C(Nc1ccc(OCC2CCCO2)cc1)c1cnc(-c2cccs2)s1. The molecule has 0 spiro atoms. The van der Waals surface area contributed by atoms with Gasteiger partial charge in [0.2, 0.25) is 0 Å². The summed E-state index contributed by atoms with van der Waals surface area (Å²) in [4.78, 5) is 18.4. The molecule has 134 valence electrons. The molecule has 1 aliphatic heterocycles. The van der Waals surface area contributed by atoms with Crippen molar-refractivity contribution in [3.63, 3.8) is 0 Å². The minimum Gasteiger partial charge on any atom is -0.491 e. The molecule has 3 aromatic rings. The van der Waals surface area contributed by atoms with Gasteiger partial charge in [-0.15, -0.1) is 22.7 Å². The van der Waals surface area contributed by atoms with E-state index in [9.17, 15) is 4.79 Å². The third kappa shape index (κ3) is 4.12. The number of aromatic nitrogens is 1. The average molecular weight is 386 g/mol. The van der Waals surface area contributed by atoms with E-state index in [4.69, 9.17) is 9.47 Å². The first-order valence-electron chi connectivity index (χ1n) is 8.43. The van der Waals surface area contributed by atoms with E-state index in [2.05, 4.69) is 10.3 Å².